The maximum atomic E-state index is 11.4. The van der Waals surface area contributed by atoms with Gasteiger partial charge < -0.3 is 10.4 Å². The normalized spacial score (nSPS) is 10.2. The summed E-state index contributed by atoms with van der Waals surface area (Å²) in [6.07, 6.45) is -0.574. The number of aliphatic carboxylic acids is 1. The smallest absolute Gasteiger partial charge is 0.312 e. The predicted molar refractivity (Wildman–Crippen MR) is 65.1 cm³/mol. The van der Waals surface area contributed by atoms with Crippen LogP contribution in [0.25, 0.3) is 11.4 Å². The Morgan fingerprint density at radius 3 is 2.84 bits per heavy atom. The summed E-state index contributed by atoms with van der Waals surface area (Å²) in [4.78, 5) is 21.8. The summed E-state index contributed by atoms with van der Waals surface area (Å²) in [6.45, 7) is 0. The minimum absolute atomic E-state index is 0.492. The number of hydrogen-bond donors (Lipinski definition) is 2. The summed E-state index contributed by atoms with van der Waals surface area (Å²) in [5, 5.41) is 22.1. The second-order valence-corrected chi connectivity index (χ2v) is 3.83. The molecule has 2 N–H and O–H groups in total. The Kier molecular flexibility index (Phi) is 3.51. The van der Waals surface area contributed by atoms with Gasteiger partial charge in [-0.05, 0) is 22.6 Å². The molecule has 1 amide bonds. The number of aromatic nitrogens is 4. The number of carboxylic acid groups (broad SMARTS) is 1. The van der Waals surface area contributed by atoms with Gasteiger partial charge in [-0.2, -0.15) is 0 Å². The number of nitrogens with zero attached hydrogens (tertiary/aromatic N) is 4. The molecule has 0 aliphatic carbocycles. The molecule has 1 aromatic carbocycles. The highest BCUT2D eigenvalue weighted by Crippen LogP contribution is 2.19. The third kappa shape index (κ3) is 3.12. The van der Waals surface area contributed by atoms with E-state index in [2.05, 4.69) is 20.8 Å². The summed E-state index contributed by atoms with van der Waals surface area (Å²) in [7, 11) is 1.70. The average Bonchev–Trinajstić information content (AvgIpc) is 2.74. The molecule has 0 unspecified atom stereocenters. The second kappa shape index (κ2) is 5.25. The summed E-state index contributed by atoms with van der Waals surface area (Å²) in [6, 6.07) is 6.84. The number of rotatable bonds is 4. The summed E-state index contributed by atoms with van der Waals surface area (Å²) < 4.78 is 1.50. The van der Waals surface area contributed by atoms with Gasteiger partial charge in [0.25, 0.3) is 0 Å². The number of carbonyl (C=O) groups excluding carboxylic acids is 1. The molecule has 0 radical (unpaired) electrons. The lowest BCUT2D eigenvalue weighted by Crippen LogP contribution is -2.15. The van der Waals surface area contributed by atoms with E-state index in [0.717, 1.165) is 5.56 Å². The zero-order valence-corrected chi connectivity index (χ0v) is 10.1. The Hall–Kier alpha value is -2.77. The van der Waals surface area contributed by atoms with Crippen molar-refractivity contribution in [2.24, 2.45) is 7.05 Å². The second-order valence-electron chi connectivity index (χ2n) is 3.83. The van der Waals surface area contributed by atoms with E-state index >= 15 is 0 Å². The first-order valence-corrected chi connectivity index (χ1v) is 5.40. The Bertz CT molecular complexity index is 622. The number of benzene rings is 1. The molecule has 0 atom stereocenters. The van der Waals surface area contributed by atoms with Gasteiger partial charge in [0.05, 0.1) is 0 Å². The fourth-order valence-electron chi connectivity index (χ4n) is 1.55. The van der Waals surface area contributed by atoms with Gasteiger partial charge in [-0.15, -0.1) is 5.10 Å². The Labute approximate surface area is 108 Å². The van der Waals surface area contributed by atoms with Gasteiger partial charge in [0.1, 0.15) is 6.42 Å². The van der Waals surface area contributed by atoms with E-state index in [1.165, 1.54) is 4.68 Å². The molecule has 0 aliphatic rings. The summed E-state index contributed by atoms with van der Waals surface area (Å²) in [5.74, 6) is -1.21. The van der Waals surface area contributed by atoms with Crippen molar-refractivity contribution < 1.29 is 14.7 Å². The Morgan fingerprint density at radius 2 is 2.21 bits per heavy atom. The molecule has 2 aromatic rings. The van der Waals surface area contributed by atoms with E-state index in [-0.39, 0.29) is 0 Å². The van der Waals surface area contributed by atoms with Crippen molar-refractivity contribution in [3.8, 4) is 11.4 Å². The highest BCUT2D eigenvalue weighted by atomic mass is 16.4. The van der Waals surface area contributed by atoms with Crippen LogP contribution in [-0.2, 0) is 16.6 Å². The molecule has 0 saturated carbocycles. The maximum absolute atomic E-state index is 11.4. The maximum Gasteiger partial charge on any atom is 0.312 e. The largest absolute Gasteiger partial charge is 0.481 e. The third-order valence-electron chi connectivity index (χ3n) is 2.34. The van der Waals surface area contributed by atoms with Gasteiger partial charge in [0.2, 0.25) is 5.91 Å². The Morgan fingerprint density at radius 1 is 1.42 bits per heavy atom. The lowest BCUT2D eigenvalue weighted by Gasteiger charge is -2.05. The fraction of sp³-hybridized carbons (Fsp3) is 0.182. The molecule has 98 valence electrons. The summed E-state index contributed by atoms with van der Waals surface area (Å²) in [5.41, 5.74) is 1.22. The number of anilines is 1. The average molecular weight is 261 g/mol. The van der Waals surface area contributed by atoms with Crippen molar-refractivity contribution in [1.82, 2.24) is 20.2 Å². The molecule has 0 spiro atoms. The van der Waals surface area contributed by atoms with Crippen LogP contribution in [0.1, 0.15) is 6.42 Å². The number of carbonyl (C=O) groups is 2. The third-order valence-corrected chi connectivity index (χ3v) is 2.34. The van der Waals surface area contributed by atoms with Crippen molar-refractivity contribution >= 4 is 17.6 Å². The quantitative estimate of drug-likeness (QED) is 0.765. The molecule has 0 saturated heterocycles. The zero-order chi connectivity index (χ0) is 13.8. The molecule has 1 aromatic heterocycles. The number of aryl methyl sites for hydroxylation is 1. The molecule has 1 heterocycles. The van der Waals surface area contributed by atoms with Gasteiger partial charge in [0.15, 0.2) is 5.82 Å². The fourth-order valence-corrected chi connectivity index (χ4v) is 1.55. The number of nitrogens with one attached hydrogen (secondary N) is 1. The minimum atomic E-state index is -1.17. The van der Waals surface area contributed by atoms with Crippen molar-refractivity contribution in [2.45, 2.75) is 6.42 Å². The molecule has 0 fully saturated rings. The number of tetrazole rings is 1. The minimum Gasteiger partial charge on any atom is -0.481 e. The van der Waals surface area contributed by atoms with Crippen LogP contribution in [0.2, 0.25) is 0 Å². The lowest BCUT2D eigenvalue weighted by molar-refractivity contribution is -0.139. The Balaban J connectivity index is 2.18. The number of carboxylic acids is 1. The van der Waals surface area contributed by atoms with E-state index in [1.807, 2.05) is 0 Å². The van der Waals surface area contributed by atoms with Crippen molar-refractivity contribution in [3.63, 3.8) is 0 Å². The molecule has 19 heavy (non-hydrogen) atoms. The van der Waals surface area contributed by atoms with Crippen molar-refractivity contribution in [2.75, 3.05) is 5.32 Å². The van der Waals surface area contributed by atoms with Gasteiger partial charge in [-0.1, -0.05) is 12.1 Å². The topological polar surface area (TPSA) is 110 Å². The van der Waals surface area contributed by atoms with Crippen molar-refractivity contribution in [1.29, 1.82) is 0 Å². The SMILES string of the molecule is Cn1nnnc1-c1cccc(NC(=O)CC(=O)O)c1. The standard InChI is InChI=1S/C11H11N5O3/c1-16-11(13-14-15-16)7-3-2-4-8(5-7)12-9(17)6-10(18)19/h2-5H,6H2,1H3,(H,12,17)(H,18,19). The van der Waals surface area contributed by atoms with Gasteiger partial charge in [-0.25, -0.2) is 4.68 Å². The molecule has 8 nitrogen and oxygen atoms in total. The first-order valence-electron chi connectivity index (χ1n) is 5.40. The molecule has 0 bridgehead atoms. The van der Waals surface area contributed by atoms with E-state index in [0.29, 0.717) is 11.5 Å². The van der Waals surface area contributed by atoms with Crippen LogP contribution in [0.3, 0.4) is 0 Å². The lowest BCUT2D eigenvalue weighted by atomic mass is 10.2. The zero-order valence-electron chi connectivity index (χ0n) is 10.1. The van der Waals surface area contributed by atoms with Gasteiger partial charge in [0, 0.05) is 18.3 Å². The van der Waals surface area contributed by atoms with Crippen LogP contribution in [0.4, 0.5) is 5.69 Å². The first-order chi connectivity index (χ1) is 9.06. The highest BCUT2D eigenvalue weighted by molar-refractivity contribution is 6.01. The van der Waals surface area contributed by atoms with Crippen LogP contribution < -0.4 is 5.32 Å². The van der Waals surface area contributed by atoms with Gasteiger partial charge >= 0.3 is 5.97 Å². The summed E-state index contributed by atoms with van der Waals surface area (Å²) >= 11 is 0. The number of hydrogen-bond acceptors (Lipinski definition) is 5. The van der Waals surface area contributed by atoms with Crippen LogP contribution in [0.5, 0.6) is 0 Å². The first kappa shape index (κ1) is 12.7. The van der Waals surface area contributed by atoms with Crippen LogP contribution in [0.15, 0.2) is 24.3 Å². The highest BCUT2D eigenvalue weighted by Gasteiger charge is 2.10. The molecule has 0 aliphatic heterocycles. The van der Waals surface area contributed by atoms with E-state index in [4.69, 9.17) is 5.11 Å². The van der Waals surface area contributed by atoms with Crippen LogP contribution in [0, 0.1) is 0 Å². The molecule has 2 rings (SSSR count). The molecule has 8 heteroatoms. The monoisotopic (exact) mass is 261 g/mol. The van der Waals surface area contributed by atoms with E-state index in [9.17, 15) is 9.59 Å². The van der Waals surface area contributed by atoms with E-state index < -0.39 is 18.3 Å². The van der Waals surface area contributed by atoms with Crippen molar-refractivity contribution in [3.05, 3.63) is 24.3 Å². The van der Waals surface area contributed by atoms with Gasteiger partial charge in [-0.3, -0.25) is 9.59 Å². The molecular formula is C11H11N5O3. The van der Waals surface area contributed by atoms with Crippen LogP contribution in [-0.4, -0.2) is 37.2 Å². The number of amides is 1. The molecular weight excluding hydrogens is 250 g/mol. The van der Waals surface area contributed by atoms with Crippen LogP contribution >= 0.6 is 0 Å². The van der Waals surface area contributed by atoms with E-state index in [1.54, 1.807) is 31.3 Å². The predicted octanol–water partition coefficient (Wildman–Crippen LogP) is 0.290.